The SMILES string of the molecule is OC(CC1COCCN1Cc1ccc(F)cc1F)c1cccs1. The maximum atomic E-state index is 13.9. The lowest BCUT2D eigenvalue weighted by Crippen LogP contribution is -2.45. The summed E-state index contributed by atoms with van der Waals surface area (Å²) >= 11 is 1.52. The normalized spacial score (nSPS) is 20.6. The Hall–Kier alpha value is -1.34. The van der Waals surface area contributed by atoms with Crippen molar-refractivity contribution >= 4 is 11.3 Å². The summed E-state index contributed by atoms with van der Waals surface area (Å²) in [5.74, 6) is -1.10. The van der Waals surface area contributed by atoms with Crippen molar-refractivity contribution in [1.82, 2.24) is 4.90 Å². The van der Waals surface area contributed by atoms with Crippen molar-refractivity contribution in [3.8, 4) is 0 Å². The van der Waals surface area contributed by atoms with Crippen molar-refractivity contribution in [3.63, 3.8) is 0 Å². The molecule has 23 heavy (non-hydrogen) atoms. The predicted molar refractivity (Wildman–Crippen MR) is 85.3 cm³/mol. The zero-order valence-electron chi connectivity index (χ0n) is 12.6. The van der Waals surface area contributed by atoms with Gasteiger partial charge in [0.25, 0.3) is 0 Å². The molecule has 0 saturated carbocycles. The molecule has 124 valence electrons. The number of hydrogen-bond acceptors (Lipinski definition) is 4. The van der Waals surface area contributed by atoms with Gasteiger partial charge in [-0.05, 0) is 23.9 Å². The molecular weight excluding hydrogens is 320 g/mol. The number of thiophene rings is 1. The van der Waals surface area contributed by atoms with Crippen LogP contribution in [0.4, 0.5) is 8.78 Å². The molecule has 1 N–H and O–H groups in total. The minimum atomic E-state index is -0.571. The van der Waals surface area contributed by atoms with E-state index >= 15 is 0 Å². The van der Waals surface area contributed by atoms with Crippen molar-refractivity contribution < 1.29 is 18.6 Å². The highest BCUT2D eigenvalue weighted by Crippen LogP contribution is 2.27. The van der Waals surface area contributed by atoms with E-state index in [4.69, 9.17) is 4.74 Å². The van der Waals surface area contributed by atoms with Crippen molar-refractivity contribution in [3.05, 3.63) is 57.8 Å². The molecule has 2 heterocycles. The van der Waals surface area contributed by atoms with Crippen LogP contribution in [-0.2, 0) is 11.3 Å². The second kappa shape index (κ2) is 7.49. The van der Waals surface area contributed by atoms with Gasteiger partial charge < -0.3 is 9.84 Å². The van der Waals surface area contributed by atoms with Gasteiger partial charge in [-0.3, -0.25) is 4.90 Å². The van der Waals surface area contributed by atoms with Crippen LogP contribution in [0.3, 0.4) is 0 Å². The largest absolute Gasteiger partial charge is 0.388 e. The molecule has 0 aliphatic carbocycles. The molecule has 0 radical (unpaired) electrons. The van der Waals surface area contributed by atoms with Crippen molar-refractivity contribution in [2.24, 2.45) is 0 Å². The topological polar surface area (TPSA) is 32.7 Å². The first kappa shape index (κ1) is 16.5. The van der Waals surface area contributed by atoms with Gasteiger partial charge in [-0.2, -0.15) is 0 Å². The molecule has 1 aliphatic rings. The van der Waals surface area contributed by atoms with Crippen molar-refractivity contribution in [2.75, 3.05) is 19.8 Å². The van der Waals surface area contributed by atoms with Crippen LogP contribution in [0.15, 0.2) is 35.7 Å². The van der Waals surface area contributed by atoms with Gasteiger partial charge in [0.15, 0.2) is 0 Å². The first-order valence-corrected chi connectivity index (χ1v) is 8.48. The van der Waals surface area contributed by atoms with Gasteiger partial charge in [0.05, 0.1) is 19.3 Å². The van der Waals surface area contributed by atoms with Gasteiger partial charge in [-0.25, -0.2) is 8.78 Å². The maximum absolute atomic E-state index is 13.9. The van der Waals surface area contributed by atoms with Crippen LogP contribution in [-0.4, -0.2) is 35.8 Å². The fourth-order valence-corrected chi connectivity index (χ4v) is 3.56. The van der Waals surface area contributed by atoms with Crippen LogP contribution in [0, 0.1) is 11.6 Å². The zero-order chi connectivity index (χ0) is 16.2. The molecule has 0 spiro atoms. The van der Waals surface area contributed by atoms with Crippen LogP contribution in [0.5, 0.6) is 0 Å². The molecule has 1 aromatic heterocycles. The number of ether oxygens (including phenoxy) is 1. The van der Waals surface area contributed by atoms with E-state index in [-0.39, 0.29) is 6.04 Å². The van der Waals surface area contributed by atoms with E-state index in [1.165, 1.54) is 23.5 Å². The lowest BCUT2D eigenvalue weighted by Gasteiger charge is -2.36. The van der Waals surface area contributed by atoms with E-state index in [2.05, 4.69) is 4.90 Å². The van der Waals surface area contributed by atoms with Gasteiger partial charge >= 0.3 is 0 Å². The van der Waals surface area contributed by atoms with E-state index in [1.54, 1.807) is 0 Å². The second-order valence-electron chi connectivity index (χ2n) is 5.70. The van der Waals surface area contributed by atoms with Crippen molar-refractivity contribution in [2.45, 2.75) is 25.1 Å². The number of rotatable bonds is 5. The van der Waals surface area contributed by atoms with Crippen LogP contribution in [0.25, 0.3) is 0 Å². The molecule has 1 aliphatic heterocycles. The number of halogens is 2. The summed E-state index contributed by atoms with van der Waals surface area (Å²) < 4.78 is 32.4. The fraction of sp³-hybridized carbons (Fsp3) is 0.412. The van der Waals surface area contributed by atoms with E-state index < -0.39 is 17.7 Å². The highest BCUT2D eigenvalue weighted by atomic mass is 32.1. The predicted octanol–water partition coefficient (Wildman–Crippen LogP) is 3.35. The number of aliphatic hydroxyl groups excluding tert-OH is 1. The number of benzene rings is 1. The van der Waals surface area contributed by atoms with Crippen molar-refractivity contribution in [1.29, 1.82) is 0 Å². The molecule has 1 saturated heterocycles. The molecule has 6 heteroatoms. The van der Waals surface area contributed by atoms with Gasteiger partial charge in [-0.1, -0.05) is 12.1 Å². The van der Waals surface area contributed by atoms with E-state index in [9.17, 15) is 13.9 Å². The molecule has 1 fully saturated rings. The van der Waals surface area contributed by atoms with Gasteiger partial charge in [-0.15, -0.1) is 11.3 Å². The van der Waals surface area contributed by atoms with Crippen LogP contribution >= 0.6 is 11.3 Å². The third-order valence-corrected chi connectivity index (χ3v) is 5.08. The molecule has 3 rings (SSSR count). The highest BCUT2D eigenvalue weighted by Gasteiger charge is 2.27. The summed E-state index contributed by atoms with van der Waals surface area (Å²) in [4.78, 5) is 3.01. The maximum Gasteiger partial charge on any atom is 0.130 e. The third-order valence-electron chi connectivity index (χ3n) is 4.10. The molecule has 1 aromatic carbocycles. The summed E-state index contributed by atoms with van der Waals surface area (Å²) in [6, 6.07) is 7.48. The Labute approximate surface area is 138 Å². The summed E-state index contributed by atoms with van der Waals surface area (Å²) in [6.45, 7) is 2.13. The molecule has 2 aromatic rings. The molecule has 2 atom stereocenters. The average Bonchev–Trinajstić information content (AvgIpc) is 3.06. The summed E-state index contributed by atoms with van der Waals surface area (Å²) in [7, 11) is 0. The Morgan fingerprint density at radius 2 is 2.22 bits per heavy atom. The quantitative estimate of drug-likeness (QED) is 0.907. The van der Waals surface area contributed by atoms with Gasteiger partial charge in [0, 0.05) is 35.6 Å². The molecule has 0 amide bonds. The Bertz CT molecular complexity index is 636. The Balaban J connectivity index is 1.68. The van der Waals surface area contributed by atoms with Crippen LogP contribution in [0.1, 0.15) is 23.0 Å². The van der Waals surface area contributed by atoms with Crippen LogP contribution < -0.4 is 0 Å². The van der Waals surface area contributed by atoms with E-state index in [1.807, 2.05) is 17.5 Å². The standard InChI is InChI=1S/C17H19F2NO2S/c18-13-4-3-12(15(19)8-13)10-20-5-6-22-11-14(20)9-16(21)17-2-1-7-23-17/h1-4,7-8,14,16,21H,5-6,9-11H2. The third kappa shape index (κ3) is 4.14. The lowest BCUT2D eigenvalue weighted by atomic mass is 10.0. The summed E-state index contributed by atoms with van der Waals surface area (Å²) in [6.07, 6.45) is -0.0224. The average molecular weight is 339 g/mol. The van der Waals surface area contributed by atoms with E-state index in [0.29, 0.717) is 38.3 Å². The Kier molecular flexibility index (Phi) is 5.38. The molecule has 2 unspecified atom stereocenters. The Morgan fingerprint density at radius 3 is 2.96 bits per heavy atom. The number of morpholine rings is 1. The molecule has 0 bridgehead atoms. The van der Waals surface area contributed by atoms with Gasteiger partial charge in [0.2, 0.25) is 0 Å². The van der Waals surface area contributed by atoms with Gasteiger partial charge in [0.1, 0.15) is 11.6 Å². The number of hydrogen-bond donors (Lipinski definition) is 1. The Morgan fingerprint density at radius 1 is 1.35 bits per heavy atom. The summed E-state index contributed by atoms with van der Waals surface area (Å²) in [5, 5.41) is 12.3. The smallest absolute Gasteiger partial charge is 0.130 e. The first-order valence-electron chi connectivity index (χ1n) is 7.60. The minimum Gasteiger partial charge on any atom is -0.388 e. The first-order chi connectivity index (χ1) is 11.1. The highest BCUT2D eigenvalue weighted by molar-refractivity contribution is 7.10. The lowest BCUT2D eigenvalue weighted by molar-refractivity contribution is -0.0300. The molecule has 3 nitrogen and oxygen atoms in total. The monoisotopic (exact) mass is 339 g/mol. The number of aliphatic hydroxyl groups is 1. The molecular formula is C17H19F2NO2S. The minimum absolute atomic E-state index is 0.00491. The fourth-order valence-electron chi connectivity index (χ4n) is 2.84. The number of nitrogens with zero attached hydrogens (tertiary/aromatic N) is 1. The summed E-state index contributed by atoms with van der Waals surface area (Å²) in [5.41, 5.74) is 0.462. The van der Waals surface area contributed by atoms with Crippen LogP contribution in [0.2, 0.25) is 0 Å². The van der Waals surface area contributed by atoms with E-state index in [0.717, 1.165) is 10.9 Å². The second-order valence-corrected chi connectivity index (χ2v) is 6.68. The zero-order valence-corrected chi connectivity index (χ0v) is 13.4.